The number of nitrogens with one attached hydrogen (secondary N) is 1. The summed E-state index contributed by atoms with van der Waals surface area (Å²) in [6, 6.07) is 0. The predicted octanol–water partition coefficient (Wildman–Crippen LogP) is 0.925. The van der Waals surface area contributed by atoms with Crippen LogP contribution in [-0.2, 0) is 11.3 Å². The molecule has 6 heteroatoms. The lowest BCUT2D eigenvalue weighted by Crippen LogP contribution is -2.36. The van der Waals surface area contributed by atoms with Gasteiger partial charge in [-0.15, -0.1) is 0 Å². The van der Waals surface area contributed by atoms with Crippen molar-refractivity contribution >= 4 is 11.6 Å². The zero-order chi connectivity index (χ0) is 12.1. The van der Waals surface area contributed by atoms with Gasteiger partial charge >= 0.3 is 5.69 Å². The van der Waals surface area contributed by atoms with E-state index in [9.17, 15) is 9.59 Å². The Morgan fingerprint density at radius 2 is 2.12 bits per heavy atom. The fourth-order valence-electron chi connectivity index (χ4n) is 1.32. The quantitative estimate of drug-likeness (QED) is 0.621. The SMILES string of the molecule is CCOCCCn1c(=O)[nH]c(Cl)c(C)c1=O. The second-order valence-corrected chi connectivity index (χ2v) is 3.75. The van der Waals surface area contributed by atoms with Crippen molar-refractivity contribution in [1.82, 2.24) is 9.55 Å². The molecule has 1 rings (SSSR count). The maximum Gasteiger partial charge on any atom is 0.329 e. The number of halogens is 1. The van der Waals surface area contributed by atoms with E-state index in [1.165, 1.54) is 0 Å². The molecule has 1 aromatic rings. The van der Waals surface area contributed by atoms with Gasteiger partial charge in [0.1, 0.15) is 5.15 Å². The van der Waals surface area contributed by atoms with Crippen LogP contribution in [0.2, 0.25) is 5.15 Å². The van der Waals surface area contributed by atoms with E-state index in [0.717, 1.165) is 4.57 Å². The zero-order valence-electron chi connectivity index (χ0n) is 9.38. The van der Waals surface area contributed by atoms with Crippen LogP contribution in [0.3, 0.4) is 0 Å². The normalized spacial score (nSPS) is 10.7. The summed E-state index contributed by atoms with van der Waals surface area (Å²) in [4.78, 5) is 25.6. The van der Waals surface area contributed by atoms with E-state index < -0.39 is 5.69 Å². The highest BCUT2D eigenvalue weighted by Crippen LogP contribution is 2.02. The Bertz CT molecular complexity index is 464. The Morgan fingerprint density at radius 3 is 2.75 bits per heavy atom. The first-order chi connectivity index (χ1) is 7.57. The number of hydrogen-bond donors (Lipinski definition) is 1. The maximum atomic E-state index is 11.7. The van der Waals surface area contributed by atoms with Gasteiger partial charge in [0.25, 0.3) is 5.56 Å². The van der Waals surface area contributed by atoms with Crippen LogP contribution in [0.4, 0.5) is 0 Å². The van der Waals surface area contributed by atoms with E-state index >= 15 is 0 Å². The average molecular weight is 247 g/mol. The molecule has 1 N–H and O–H groups in total. The summed E-state index contributed by atoms with van der Waals surface area (Å²) < 4.78 is 6.27. The number of aromatic amines is 1. The van der Waals surface area contributed by atoms with Crippen LogP contribution in [0.15, 0.2) is 9.59 Å². The lowest BCUT2D eigenvalue weighted by molar-refractivity contribution is 0.141. The van der Waals surface area contributed by atoms with E-state index in [1.807, 2.05) is 6.92 Å². The Labute approximate surface area is 98.0 Å². The molecule has 0 saturated carbocycles. The van der Waals surface area contributed by atoms with Crippen molar-refractivity contribution in [2.75, 3.05) is 13.2 Å². The summed E-state index contributed by atoms with van der Waals surface area (Å²) in [5.74, 6) is 0. The number of rotatable bonds is 5. The third kappa shape index (κ3) is 2.96. The Morgan fingerprint density at radius 1 is 1.44 bits per heavy atom. The lowest BCUT2D eigenvalue weighted by atomic mass is 10.3. The number of nitrogens with zero attached hydrogens (tertiary/aromatic N) is 1. The number of aromatic nitrogens is 2. The molecular formula is C10H15ClN2O3. The summed E-state index contributed by atoms with van der Waals surface area (Å²) in [5, 5.41) is 0.107. The van der Waals surface area contributed by atoms with E-state index in [1.54, 1.807) is 6.92 Å². The van der Waals surface area contributed by atoms with Gasteiger partial charge < -0.3 is 4.74 Å². The summed E-state index contributed by atoms with van der Waals surface area (Å²) in [7, 11) is 0. The highest BCUT2D eigenvalue weighted by molar-refractivity contribution is 6.30. The first-order valence-electron chi connectivity index (χ1n) is 5.15. The van der Waals surface area contributed by atoms with Crippen molar-refractivity contribution in [3.8, 4) is 0 Å². The van der Waals surface area contributed by atoms with Crippen molar-refractivity contribution in [2.45, 2.75) is 26.8 Å². The second kappa shape index (κ2) is 5.86. The van der Waals surface area contributed by atoms with Crippen LogP contribution >= 0.6 is 11.6 Å². The minimum atomic E-state index is -0.475. The molecule has 0 spiro atoms. The van der Waals surface area contributed by atoms with E-state index in [2.05, 4.69) is 4.98 Å². The first-order valence-corrected chi connectivity index (χ1v) is 5.52. The molecule has 5 nitrogen and oxygen atoms in total. The van der Waals surface area contributed by atoms with Gasteiger partial charge in [-0.25, -0.2) is 4.79 Å². The minimum Gasteiger partial charge on any atom is -0.382 e. The summed E-state index contributed by atoms with van der Waals surface area (Å²) in [6.07, 6.45) is 0.623. The van der Waals surface area contributed by atoms with Crippen LogP contribution in [0.1, 0.15) is 18.9 Å². The zero-order valence-corrected chi connectivity index (χ0v) is 10.1. The van der Waals surface area contributed by atoms with Gasteiger partial charge in [0, 0.05) is 25.3 Å². The predicted molar refractivity (Wildman–Crippen MR) is 62.2 cm³/mol. The van der Waals surface area contributed by atoms with Crippen LogP contribution in [-0.4, -0.2) is 22.8 Å². The molecule has 0 aliphatic carbocycles. The van der Waals surface area contributed by atoms with Crippen LogP contribution < -0.4 is 11.2 Å². The number of H-pyrrole nitrogens is 1. The van der Waals surface area contributed by atoms with Crippen molar-refractivity contribution in [2.24, 2.45) is 0 Å². The highest BCUT2D eigenvalue weighted by atomic mass is 35.5. The second-order valence-electron chi connectivity index (χ2n) is 3.38. The maximum absolute atomic E-state index is 11.7. The molecule has 0 amide bonds. The van der Waals surface area contributed by atoms with Crippen molar-refractivity contribution < 1.29 is 4.74 Å². The van der Waals surface area contributed by atoms with Crippen LogP contribution in [0.5, 0.6) is 0 Å². The first kappa shape index (κ1) is 13.0. The molecule has 16 heavy (non-hydrogen) atoms. The van der Waals surface area contributed by atoms with Gasteiger partial charge in [-0.05, 0) is 20.3 Å². The van der Waals surface area contributed by atoms with Crippen molar-refractivity contribution in [3.63, 3.8) is 0 Å². The molecule has 0 saturated heterocycles. The lowest BCUT2D eigenvalue weighted by Gasteiger charge is -2.06. The molecule has 0 unspecified atom stereocenters. The Kier molecular flexibility index (Phi) is 4.76. The fourth-order valence-corrected chi connectivity index (χ4v) is 1.48. The fraction of sp³-hybridized carbons (Fsp3) is 0.600. The van der Waals surface area contributed by atoms with Gasteiger partial charge in [0.05, 0.1) is 0 Å². The van der Waals surface area contributed by atoms with Gasteiger partial charge in [-0.2, -0.15) is 0 Å². The minimum absolute atomic E-state index is 0.107. The molecule has 0 fully saturated rings. The topological polar surface area (TPSA) is 64.1 Å². The molecule has 1 aromatic heterocycles. The molecule has 0 bridgehead atoms. The molecular weight excluding hydrogens is 232 g/mol. The van der Waals surface area contributed by atoms with E-state index in [-0.39, 0.29) is 10.7 Å². The standard InChI is InChI=1S/C10H15ClN2O3/c1-3-16-6-4-5-13-9(14)7(2)8(11)12-10(13)15/h3-6H2,1-2H3,(H,12,15). The molecule has 90 valence electrons. The van der Waals surface area contributed by atoms with Crippen LogP contribution in [0.25, 0.3) is 0 Å². The smallest absolute Gasteiger partial charge is 0.329 e. The Balaban J connectivity index is 2.85. The summed E-state index contributed by atoms with van der Waals surface area (Å²) in [6.45, 7) is 4.98. The average Bonchev–Trinajstić information content (AvgIpc) is 2.25. The molecule has 1 heterocycles. The molecule has 0 radical (unpaired) electrons. The third-order valence-electron chi connectivity index (χ3n) is 2.23. The number of ether oxygens (including phenoxy) is 1. The Hall–Kier alpha value is -1.07. The van der Waals surface area contributed by atoms with Gasteiger partial charge in [-0.1, -0.05) is 11.6 Å². The summed E-state index contributed by atoms with van der Waals surface area (Å²) >= 11 is 5.68. The highest BCUT2D eigenvalue weighted by Gasteiger charge is 2.07. The summed E-state index contributed by atoms with van der Waals surface area (Å²) in [5.41, 5.74) is -0.458. The molecule has 0 aliphatic heterocycles. The van der Waals surface area contributed by atoms with Crippen molar-refractivity contribution in [1.29, 1.82) is 0 Å². The third-order valence-corrected chi connectivity index (χ3v) is 2.61. The largest absolute Gasteiger partial charge is 0.382 e. The van der Waals surface area contributed by atoms with E-state index in [0.29, 0.717) is 31.7 Å². The van der Waals surface area contributed by atoms with Crippen LogP contribution in [0, 0.1) is 6.92 Å². The van der Waals surface area contributed by atoms with Crippen molar-refractivity contribution in [3.05, 3.63) is 31.6 Å². The number of hydrogen-bond acceptors (Lipinski definition) is 3. The van der Waals surface area contributed by atoms with E-state index in [4.69, 9.17) is 16.3 Å². The van der Waals surface area contributed by atoms with Gasteiger partial charge in [0.2, 0.25) is 0 Å². The molecule has 0 atom stereocenters. The van der Waals surface area contributed by atoms with Gasteiger partial charge in [0.15, 0.2) is 0 Å². The monoisotopic (exact) mass is 246 g/mol. The van der Waals surface area contributed by atoms with Gasteiger partial charge in [-0.3, -0.25) is 14.3 Å². The molecule has 0 aromatic carbocycles. The molecule has 0 aliphatic rings.